The SMILES string of the molecule is CCS/C(=N\c1ccccc1)C(C)C. The fraction of sp³-hybridized carbons (Fsp3) is 0.417. The highest BCUT2D eigenvalue weighted by Crippen LogP contribution is 2.19. The van der Waals surface area contributed by atoms with Gasteiger partial charge in [0.2, 0.25) is 0 Å². The van der Waals surface area contributed by atoms with Gasteiger partial charge in [-0.25, -0.2) is 4.99 Å². The van der Waals surface area contributed by atoms with Crippen molar-refractivity contribution in [2.24, 2.45) is 10.9 Å². The summed E-state index contributed by atoms with van der Waals surface area (Å²) in [4.78, 5) is 4.63. The molecule has 0 radical (unpaired) electrons. The Morgan fingerprint density at radius 3 is 2.43 bits per heavy atom. The van der Waals surface area contributed by atoms with E-state index in [1.165, 1.54) is 5.04 Å². The molecule has 0 unspecified atom stereocenters. The summed E-state index contributed by atoms with van der Waals surface area (Å²) in [6.07, 6.45) is 0. The van der Waals surface area contributed by atoms with E-state index in [9.17, 15) is 0 Å². The van der Waals surface area contributed by atoms with Crippen LogP contribution in [0, 0.1) is 5.92 Å². The molecule has 0 aliphatic heterocycles. The molecule has 0 aliphatic carbocycles. The highest BCUT2D eigenvalue weighted by Gasteiger charge is 2.04. The van der Waals surface area contributed by atoms with Gasteiger partial charge < -0.3 is 0 Å². The Balaban J connectivity index is 2.82. The number of aliphatic imine (C=N–C) groups is 1. The fourth-order valence-corrected chi connectivity index (χ4v) is 1.90. The Hall–Kier alpha value is -0.760. The summed E-state index contributed by atoms with van der Waals surface area (Å²) in [5.41, 5.74) is 1.05. The molecule has 1 rings (SSSR count). The third-order valence-electron chi connectivity index (χ3n) is 1.78. The largest absolute Gasteiger partial charge is 0.246 e. The number of thioether (sulfide) groups is 1. The molecule has 2 heteroatoms. The van der Waals surface area contributed by atoms with Gasteiger partial charge in [-0.2, -0.15) is 0 Å². The normalized spacial score (nSPS) is 12.1. The van der Waals surface area contributed by atoms with E-state index in [0.717, 1.165) is 11.4 Å². The molecule has 0 saturated carbocycles. The first kappa shape index (κ1) is 11.3. The zero-order valence-corrected chi connectivity index (χ0v) is 9.84. The van der Waals surface area contributed by atoms with Crippen molar-refractivity contribution in [3.05, 3.63) is 30.3 Å². The minimum Gasteiger partial charge on any atom is -0.246 e. The van der Waals surface area contributed by atoms with Crippen LogP contribution in [0.25, 0.3) is 0 Å². The summed E-state index contributed by atoms with van der Waals surface area (Å²) >= 11 is 1.83. The minimum absolute atomic E-state index is 0.514. The zero-order chi connectivity index (χ0) is 10.4. The van der Waals surface area contributed by atoms with Crippen LogP contribution in [0.3, 0.4) is 0 Å². The average Bonchev–Trinajstić information content (AvgIpc) is 2.18. The standard InChI is InChI=1S/C12H17NS/c1-4-14-12(10(2)3)13-11-8-6-5-7-9-11/h5-10H,4H2,1-3H3/b13-12-. The molecule has 0 aliphatic rings. The quantitative estimate of drug-likeness (QED) is 0.536. The Kier molecular flexibility index (Phi) is 4.74. The molecular formula is C12H17NS. The lowest BCUT2D eigenvalue weighted by Crippen LogP contribution is -2.02. The maximum absolute atomic E-state index is 4.63. The Bertz CT molecular complexity index is 290. The third kappa shape index (κ3) is 3.54. The van der Waals surface area contributed by atoms with Crippen LogP contribution < -0.4 is 0 Å². The van der Waals surface area contributed by atoms with E-state index in [1.54, 1.807) is 0 Å². The fourth-order valence-electron chi connectivity index (χ4n) is 1.11. The van der Waals surface area contributed by atoms with Gasteiger partial charge >= 0.3 is 0 Å². The van der Waals surface area contributed by atoms with Crippen LogP contribution in [-0.4, -0.2) is 10.8 Å². The van der Waals surface area contributed by atoms with E-state index in [0.29, 0.717) is 5.92 Å². The average molecular weight is 207 g/mol. The second-order valence-electron chi connectivity index (χ2n) is 3.37. The molecule has 1 nitrogen and oxygen atoms in total. The number of hydrogen-bond donors (Lipinski definition) is 0. The van der Waals surface area contributed by atoms with E-state index >= 15 is 0 Å². The predicted octanol–water partition coefficient (Wildman–Crippen LogP) is 4.13. The van der Waals surface area contributed by atoms with E-state index in [2.05, 4.69) is 25.8 Å². The lowest BCUT2D eigenvalue weighted by molar-refractivity contribution is 0.900. The summed E-state index contributed by atoms with van der Waals surface area (Å²) in [5.74, 6) is 1.60. The molecule has 14 heavy (non-hydrogen) atoms. The van der Waals surface area contributed by atoms with Gasteiger partial charge in [-0.05, 0) is 17.9 Å². The highest BCUT2D eigenvalue weighted by molar-refractivity contribution is 8.13. The molecule has 0 saturated heterocycles. The van der Waals surface area contributed by atoms with Gasteiger partial charge in [0, 0.05) is 5.92 Å². The number of benzene rings is 1. The lowest BCUT2D eigenvalue weighted by Gasteiger charge is -2.07. The number of rotatable bonds is 3. The Labute approximate surface area is 90.6 Å². The molecule has 1 aromatic rings. The molecular weight excluding hydrogens is 190 g/mol. The molecule has 0 N–H and O–H groups in total. The smallest absolute Gasteiger partial charge is 0.0763 e. The monoisotopic (exact) mass is 207 g/mol. The maximum Gasteiger partial charge on any atom is 0.0763 e. The van der Waals surface area contributed by atoms with Crippen LogP contribution >= 0.6 is 11.8 Å². The van der Waals surface area contributed by atoms with E-state index < -0.39 is 0 Å². The van der Waals surface area contributed by atoms with Gasteiger partial charge in [-0.1, -0.05) is 39.0 Å². The van der Waals surface area contributed by atoms with Crippen molar-refractivity contribution >= 4 is 22.5 Å². The summed E-state index contributed by atoms with van der Waals surface area (Å²) < 4.78 is 0. The summed E-state index contributed by atoms with van der Waals surface area (Å²) in [7, 11) is 0. The minimum atomic E-state index is 0.514. The molecule has 0 fully saturated rings. The van der Waals surface area contributed by atoms with Crippen LogP contribution in [0.4, 0.5) is 5.69 Å². The van der Waals surface area contributed by atoms with Gasteiger partial charge in [-0.3, -0.25) is 0 Å². The van der Waals surface area contributed by atoms with Crippen molar-refractivity contribution in [1.82, 2.24) is 0 Å². The first-order valence-electron chi connectivity index (χ1n) is 5.00. The van der Waals surface area contributed by atoms with Crippen molar-refractivity contribution in [3.63, 3.8) is 0 Å². The predicted molar refractivity (Wildman–Crippen MR) is 66.5 cm³/mol. The number of nitrogens with zero attached hydrogens (tertiary/aromatic N) is 1. The van der Waals surface area contributed by atoms with Crippen LogP contribution in [-0.2, 0) is 0 Å². The van der Waals surface area contributed by atoms with Crippen molar-refractivity contribution < 1.29 is 0 Å². The number of hydrogen-bond acceptors (Lipinski definition) is 2. The van der Waals surface area contributed by atoms with Crippen LogP contribution in [0.1, 0.15) is 20.8 Å². The molecule has 0 heterocycles. The van der Waals surface area contributed by atoms with Crippen molar-refractivity contribution in [1.29, 1.82) is 0 Å². The molecule has 0 atom stereocenters. The first-order chi connectivity index (χ1) is 6.74. The second-order valence-corrected chi connectivity index (χ2v) is 4.66. The van der Waals surface area contributed by atoms with Crippen LogP contribution in [0.15, 0.2) is 35.3 Å². The van der Waals surface area contributed by atoms with Crippen molar-refractivity contribution in [2.75, 3.05) is 5.75 Å². The maximum atomic E-state index is 4.63. The summed E-state index contributed by atoms with van der Waals surface area (Å²) in [6, 6.07) is 10.1. The topological polar surface area (TPSA) is 12.4 Å². The first-order valence-corrected chi connectivity index (χ1v) is 5.99. The molecule has 76 valence electrons. The van der Waals surface area contributed by atoms with Gasteiger partial charge in [0.15, 0.2) is 0 Å². The molecule has 0 bridgehead atoms. The second kappa shape index (κ2) is 5.86. The van der Waals surface area contributed by atoms with Gasteiger partial charge in [-0.15, -0.1) is 11.8 Å². The van der Waals surface area contributed by atoms with Crippen molar-refractivity contribution in [2.45, 2.75) is 20.8 Å². The van der Waals surface area contributed by atoms with Crippen molar-refractivity contribution in [3.8, 4) is 0 Å². The third-order valence-corrected chi connectivity index (χ3v) is 2.93. The summed E-state index contributed by atoms with van der Waals surface area (Å²) in [5, 5.41) is 1.22. The van der Waals surface area contributed by atoms with E-state index in [-0.39, 0.29) is 0 Å². The molecule has 1 aromatic carbocycles. The highest BCUT2D eigenvalue weighted by atomic mass is 32.2. The lowest BCUT2D eigenvalue weighted by atomic mass is 10.2. The van der Waals surface area contributed by atoms with Gasteiger partial charge in [0.25, 0.3) is 0 Å². The number of para-hydroxylation sites is 1. The zero-order valence-electron chi connectivity index (χ0n) is 9.03. The molecule has 0 amide bonds. The van der Waals surface area contributed by atoms with Crippen LogP contribution in [0.5, 0.6) is 0 Å². The Morgan fingerprint density at radius 1 is 1.29 bits per heavy atom. The van der Waals surface area contributed by atoms with Crippen LogP contribution in [0.2, 0.25) is 0 Å². The van der Waals surface area contributed by atoms with E-state index in [4.69, 9.17) is 0 Å². The van der Waals surface area contributed by atoms with Gasteiger partial charge in [0.1, 0.15) is 0 Å². The molecule has 0 spiro atoms. The van der Waals surface area contributed by atoms with Gasteiger partial charge in [0.05, 0.1) is 10.7 Å². The van der Waals surface area contributed by atoms with E-state index in [1.807, 2.05) is 42.1 Å². The summed E-state index contributed by atoms with van der Waals surface area (Å²) in [6.45, 7) is 6.53. The molecule has 0 aromatic heterocycles. The Morgan fingerprint density at radius 2 is 1.93 bits per heavy atom.